The average Bonchev–Trinajstić information content (AvgIpc) is 2.70. The van der Waals surface area contributed by atoms with Crippen LogP contribution in [0.3, 0.4) is 0 Å². The summed E-state index contributed by atoms with van der Waals surface area (Å²) >= 11 is 0. The smallest absolute Gasteiger partial charge is 0.201 e. The van der Waals surface area contributed by atoms with E-state index < -0.39 is 23.6 Å². The molecule has 1 unspecified atom stereocenters. The molecule has 3 aromatic carbocycles. The van der Waals surface area contributed by atoms with Gasteiger partial charge in [0.25, 0.3) is 0 Å². The third-order valence-corrected chi connectivity index (χ3v) is 4.43. The normalized spacial score (nSPS) is 11.9. The fraction of sp³-hybridized carbons (Fsp3) is 0.217. The van der Waals surface area contributed by atoms with Crippen LogP contribution in [0.15, 0.2) is 54.6 Å². The first-order chi connectivity index (χ1) is 13.9. The number of ether oxygens (including phenoxy) is 2. The molecular weight excluding hydrogens is 381 g/mol. The van der Waals surface area contributed by atoms with Crippen molar-refractivity contribution in [1.29, 1.82) is 0 Å². The fourth-order valence-electron chi connectivity index (χ4n) is 2.92. The second kappa shape index (κ2) is 9.01. The highest BCUT2D eigenvalue weighted by Gasteiger charge is 2.15. The number of benzene rings is 3. The molecule has 0 fully saturated rings. The topological polar surface area (TPSA) is 38.7 Å². The zero-order valence-corrected chi connectivity index (χ0v) is 16.1. The van der Waals surface area contributed by atoms with E-state index >= 15 is 0 Å². The number of hydrogen-bond donors (Lipinski definition) is 1. The Hall–Kier alpha value is -2.99. The van der Waals surface area contributed by atoms with Gasteiger partial charge in [-0.1, -0.05) is 24.3 Å². The van der Waals surface area contributed by atoms with Crippen LogP contribution in [0.4, 0.5) is 13.2 Å². The lowest BCUT2D eigenvalue weighted by atomic mass is 10.0. The van der Waals surface area contributed by atoms with Gasteiger partial charge in [-0.15, -0.1) is 0 Å². The molecule has 0 saturated carbocycles. The van der Waals surface area contributed by atoms with Crippen molar-refractivity contribution in [2.45, 2.75) is 26.6 Å². The van der Waals surface area contributed by atoms with Crippen LogP contribution in [0.25, 0.3) is 11.1 Å². The Labute approximate surface area is 167 Å². The maximum absolute atomic E-state index is 14.3. The maximum atomic E-state index is 14.3. The molecule has 3 rings (SSSR count). The first kappa shape index (κ1) is 20.7. The van der Waals surface area contributed by atoms with Gasteiger partial charge in [-0.25, -0.2) is 8.78 Å². The lowest BCUT2D eigenvalue weighted by Gasteiger charge is -2.11. The summed E-state index contributed by atoms with van der Waals surface area (Å²) in [6.45, 7) is 3.56. The highest BCUT2D eigenvalue weighted by Crippen LogP contribution is 2.31. The monoisotopic (exact) mass is 402 g/mol. The Morgan fingerprint density at radius 1 is 0.897 bits per heavy atom. The summed E-state index contributed by atoms with van der Waals surface area (Å²) in [6.07, 6.45) is -0.884. The molecule has 29 heavy (non-hydrogen) atoms. The van der Waals surface area contributed by atoms with E-state index in [0.29, 0.717) is 16.9 Å². The van der Waals surface area contributed by atoms with Crippen molar-refractivity contribution in [3.05, 3.63) is 83.2 Å². The average molecular weight is 402 g/mol. The predicted molar refractivity (Wildman–Crippen MR) is 104 cm³/mol. The summed E-state index contributed by atoms with van der Waals surface area (Å²) in [5, 5.41) is 9.47. The highest BCUT2D eigenvalue weighted by molar-refractivity contribution is 5.66. The van der Waals surface area contributed by atoms with Crippen LogP contribution in [0, 0.1) is 17.5 Å². The molecule has 0 saturated heterocycles. The van der Waals surface area contributed by atoms with Crippen molar-refractivity contribution < 1.29 is 27.8 Å². The molecule has 0 heterocycles. The fourth-order valence-corrected chi connectivity index (χ4v) is 2.92. The molecule has 1 atom stereocenters. The van der Waals surface area contributed by atoms with E-state index in [0.717, 1.165) is 0 Å². The quantitative estimate of drug-likeness (QED) is 0.543. The Bertz CT molecular complexity index is 985. The summed E-state index contributed by atoms with van der Waals surface area (Å²) < 4.78 is 53.0. The van der Waals surface area contributed by atoms with Gasteiger partial charge in [-0.3, -0.25) is 0 Å². The van der Waals surface area contributed by atoms with Crippen LogP contribution < -0.4 is 9.47 Å². The van der Waals surface area contributed by atoms with Crippen molar-refractivity contribution >= 4 is 0 Å². The summed E-state index contributed by atoms with van der Waals surface area (Å²) in [4.78, 5) is 0. The highest BCUT2D eigenvalue weighted by atomic mass is 19.2. The van der Waals surface area contributed by atoms with Crippen LogP contribution in [0.1, 0.15) is 31.1 Å². The molecule has 0 aliphatic rings. The van der Waals surface area contributed by atoms with Crippen molar-refractivity contribution in [3.8, 4) is 22.6 Å². The minimum atomic E-state index is -1.02. The van der Waals surface area contributed by atoms with Crippen LogP contribution in [-0.2, 0) is 6.61 Å². The molecule has 0 radical (unpaired) electrons. The van der Waals surface area contributed by atoms with Crippen molar-refractivity contribution in [1.82, 2.24) is 0 Å². The van der Waals surface area contributed by atoms with Gasteiger partial charge in [0.1, 0.15) is 18.2 Å². The number of aliphatic hydroxyl groups is 1. The van der Waals surface area contributed by atoms with Crippen LogP contribution >= 0.6 is 0 Å². The standard InChI is InChI=1S/C23H21F3O3/c1-3-28-21-11-10-19(22(25)23(21)26)16-5-7-17(8-6-16)29-13-15-4-9-18(14(2)27)20(24)12-15/h4-12,14,27H,3,13H2,1-2H3. The molecule has 152 valence electrons. The van der Waals surface area contributed by atoms with Gasteiger partial charge in [0.2, 0.25) is 5.82 Å². The van der Waals surface area contributed by atoms with E-state index in [1.165, 1.54) is 31.2 Å². The second-order valence-electron chi connectivity index (χ2n) is 6.52. The number of rotatable bonds is 7. The molecule has 3 aromatic rings. The lowest BCUT2D eigenvalue weighted by Crippen LogP contribution is -2.00. The molecule has 6 heteroatoms. The first-order valence-corrected chi connectivity index (χ1v) is 9.21. The van der Waals surface area contributed by atoms with Gasteiger partial charge < -0.3 is 14.6 Å². The van der Waals surface area contributed by atoms with Gasteiger partial charge >= 0.3 is 0 Å². The third-order valence-electron chi connectivity index (χ3n) is 4.43. The molecule has 0 aromatic heterocycles. The largest absolute Gasteiger partial charge is 0.491 e. The molecule has 0 bridgehead atoms. The summed E-state index contributed by atoms with van der Waals surface area (Å²) in [6, 6.07) is 13.9. The van der Waals surface area contributed by atoms with Crippen LogP contribution in [0.5, 0.6) is 11.5 Å². The van der Waals surface area contributed by atoms with E-state index in [9.17, 15) is 18.3 Å². The molecule has 0 aliphatic heterocycles. The van der Waals surface area contributed by atoms with Gasteiger partial charge in [0, 0.05) is 11.1 Å². The molecule has 0 amide bonds. The van der Waals surface area contributed by atoms with Crippen molar-refractivity contribution in [2.75, 3.05) is 6.61 Å². The predicted octanol–water partition coefficient (Wildman–Crippen LogP) is 5.80. The summed E-state index contributed by atoms with van der Waals surface area (Å²) in [5.74, 6) is -2.11. The minimum Gasteiger partial charge on any atom is -0.491 e. The Kier molecular flexibility index (Phi) is 6.44. The SMILES string of the molecule is CCOc1ccc(-c2ccc(OCc3ccc(C(C)O)c(F)c3)cc2)c(F)c1F. The van der Waals surface area contributed by atoms with E-state index in [-0.39, 0.29) is 30.1 Å². The van der Waals surface area contributed by atoms with Crippen molar-refractivity contribution in [3.63, 3.8) is 0 Å². The Morgan fingerprint density at radius 3 is 2.24 bits per heavy atom. The Balaban J connectivity index is 1.71. The summed E-state index contributed by atoms with van der Waals surface area (Å²) in [7, 11) is 0. The van der Waals surface area contributed by atoms with E-state index in [1.54, 1.807) is 37.3 Å². The van der Waals surface area contributed by atoms with E-state index in [1.807, 2.05) is 0 Å². The molecule has 1 N–H and O–H groups in total. The van der Waals surface area contributed by atoms with Gasteiger partial charge in [-0.2, -0.15) is 4.39 Å². The molecule has 3 nitrogen and oxygen atoms in total. The number of halogens is 3. The molecule has 0 spiro atoms. The van der Waals surface area contributed by atoms with Crippen LogP contribution in [-0.4, -0.2) is 11.7 Å². The van der Waals surface area contributed by atoms with Gasteiger partial charge in [-0.05, 0) is 55.3 Å². The minimum absolute atomic E-state index is 0.119. The van der Waals surface area contributed by atoms with Crippen molar-refractivity contribution in [2.24, 2.45) is 0 Å². The third kappa shape index (κ3) is 4.71. The Morgan fingerprint density at radius 2 is 1.62 bits per heavy atom. The summed E-state index contributed by atoms with van der Waals surface area (Å²) in [5.41, 5.74) is 1.44. The van der Waals surface area contributed by atoms with Crippen LogP contribution in [0.2, 0.25) is 0 Å². The second-order valence-corrected chi connectivity index (χ2v) is 6.52. The van der Waals surface area contributed by atoms with E-state index in [4.69, 9.17) is 9.47 Å². The number of hydrogen-bond acceptors (Lipinski definition) is 3. The lowest BCUT2D eigenvalue weighted by molar-refractivity contribution is 0.194. The maximum Gasteiger partial charge on any atom is 0.201 e. The molecule has 0 aliphatic carbocycles. The number of aliphatic hydroxyl groups excluding tert-OH is 1. The van der Waals surface area contributed by atoms with Gasteiger partial charge in [0.05, 0.1) is 12.7 Å². The molecular formula is C23H21F3O3. The first-order valence-electron chi connectivity index (χ1n) is 9.21. The zero-order chi connectivity index (χ0) is 21.0. The zero-order valence-electron chi connectivity index (χ0n) is 16.1. The van der Waals surface area contributed by atoms with Gasteiger partial charge in [0.15, 0.2) is 11.6 Å². The van der Waals surface area contributed by atoms with E-state index in [2.05, 4.69) is 0 Å².